The van der Waals surface area contributed by atoms with Crippen molar-refractivity contribution in [3.8, 4) is 5.75 Å². The number of carbonyl (C=O) groups is 2. The zero-order valence-corrected chi connectivity index (χ0v) is 15.2. The highest BCUT2D eigenvalue weighted by Crippen LogP contribution is 2.18. The molecule has 4 rings (SSSR count). The minimum absolute atomic E-state index is 0.0650. The molecule has 6 nitrogen and oxygen atoms in total. The summed E-state index contributed by atoms with van der Waals surface area (Å²) < 4.78 is 5.33. The summed E-state index contributed by atoms with van der Waals surface area (Å²) in [6.45, 7) is 0. The molecule has 1 aromatic heterocycles. The number of fused-ring (bicyclic) bond motifs is 1. The monoisotopic (exact) mass is 384 g/mol. The highest BCUT2D eigenvalue weighted by atomic mass is 16.5. The summed E-state index contributed by atoms with van der Waals surface area (Å²) in [5, 5.41) is 3.93. The number of aromatic nitrogens is 1. The molecule has 0 aliphatic heterocycles. The van der Waals surface area contributed by atoms with Crippen LogP contribution in [0.25, 0.3) is 10.8 Å². The third-order valence-electron chi connectivity index (χ3n) is 4.33. The van der Waals surface area contributed by atoms with Gasteiger partial charge in [0.05, 0.1) is 0 Å². The van der Waals surface area contributed by atoms with Crippen LogP contribution in [0.4, 0.5) is 5.69 Å². The van der Waals surface area contributed by atoms with Gasteiger partial charge >= 0.3 is 5.97 Å². The van der Waals surface area contributed by atoms with Gasteiger partial charge in [0.1, 0.15) is 11.4 Å². The first-order chi connectivity index (χ1) is 14.1. The third kappa shape index (κ3) is 4.06. The van der Waals surface area contributed by atoms with Crippen molar-refractivity contribution in [1.82, 2.24) is 4.98 Å². The van der Waals surface area contributed by atoms with E-state index < -0.39 is 5.97 Å². The third-order valence-corrected chi connectivity index (χ3v) is 4.33. The molecule has 3 aromatic carbocycles. The van der Waals surface area contributed by atoms with Gasteiger partial charge in [0.2, 0.25) is 0 Å². The number of ether oxygens (including phenoxy) is 1. The van der Waals surface area contributed by atoms with E-state index in [4.69, 9.17) is 4.74 Å². The van der Waals surface area contributed by atoms with Crippen LogP contribution < -0.4 is 15.6 Å². The number of nitrogens with one attached hydrogen (secondary N) is 2. The van der Waals surface area contributed by atoms with Crippen LogP contribution in [0.5, 0.6) is 5.75 Å². The van der Waals surface area contributed by atoms with E-state index in [1.807, 2.05) is 6.07 Å². The summed E-state index contributed by atoms with van der Waals surface area (Å²) in [4.78, 5) is 39.2. The van der Waals surface area contributed by atoms with E-state index in [0.29, 0.717) is 27.8 Å². The number of hydrogen-bond donors (Lipinski definition) is 2. The summed E-state index contributed by atoms with van der Waals surface area (Å²) in [5.41, 5.74) is 0.824. The molecule has 0 saturated heterocycles. The molecule has 0 bridgehead atoms. The maximum atomic E-state index is 12.4. The first-order valence-corrected chi connectivity index (χ1v) is 8.91. The molecule has 0 atom stereocenters. The first-order valence-electron chi connectivity index (χ1n) is 8.91. The van der Waals surface area contributed by atoms with Gasteiger partial charge in [-0.1, -0.05) is 36.4 Å². The van der Waals surface area contributed by atoms with Crippen LogP contribution in [0.2, 0.25) is 0 Å². The van der Waals surface area contributed by atoms with Crippen molar-refractivity contribution < 1.29 is 14.3 Å². The normalized spacial score (nSPS) is 10.5. The van der Waals surface area contributed by atoms with Gasteiger partial charge in [-0.3, -0.25) is 9.59 Å². The Balaban J connectivity index is 1.47. The predicted molar refractivity (Wildman–Crippen MR) is 110 cm³/mol. The van der Waals surface area contributed by atoms with E-state index in [-0.39, 0.29) is 17.2 Å². The number of rotatable bonds is 4. The van der Waals surface area contributed by atoms with Crippen molar-refractivity contribution in [3.63, 3.8) is 0 Å². The SMILES string of the molecule is O=C(Nc1ccc(OC(=O)c2cc3ccccc3c(=O)[nH]2)cc1)c1ccccc1. The zero-order valence-electron chi connectivity index (χ0n) is 15.2. The van der Waals surface area contributed by atoms with Crippen molar-refractivity contribution in [2.45, 2.75) is 0 Å². The zero-order chi connectivity index (χ0) is 20.2. The van der Waals surface area contributed by atoms with Crippen molar-refractivity contribution in [2.75, 3.05) is 5.32 Å². The Kier molecular flexibility index (Phi) is 4.90. The number of benzene rings is 3. The Bertz CT molecular complexity index is 1250. The second-order valence-corrected chi connectivity index (χ2v) is 6.33. The number of aromatic amines is 1. The lowest BCUT2D eigenvalue weighted by Gasteiger charge is -2.08. The average Bonchev–Trinajstić information content (AvgIpc) is 2.75. The van der Waals surface area contributed by atoms with Gasteiger partial charge in [0, 0.05) is 16.6 Å². The van der Waals surface area contributed by atoms with Crippen molar-refractivity contribution in [3.05, 3.63) is 107 Å². The van der Waals surface area contributed by atoms with Gasteiger partial charge in [0.15, 0.2) is 0 Å². The standard InChI is InChI=1S/C23H16N2O4/c26-21(15-6-2-1-3-7-15)24-17-10-12-18(13-11-17)29-23(28)20-14-16-8-4-5-9-19(16)22(27)25-20/h1-14H,(H,24,26)(H,25,27). The number of pyridine rings is 1. The molecule has 0 aliphatic carbocycles. The summed E-state index contributed by atoms with van der Waals surface area (Å²) in [6.07, 6.45) is 0. The second kappa shape index (κ2) is 7.82. The van der Waals surface area contributed by atoms with Crippen LogP contribution in [0, 0.1) is 0 Å². The van der Waals surface area contributed by atoms with E-state index in [0.717, 1.165) is 0 Å². The van der Waals surface area contributed by atoms with Gasteiger partial charge < -0.3 is 15.0 Å². The molecule has 4 aromatic rings. The predicted octanol–water partition coefficient (Wildman–Crippen LogP) is 4.00. The van der Waals surface area contributed by atoms with Crippen LogP contribution in [0.15, 0.2) is 89.7 Å². The van der Waals surface area contributed by atoms with Crippen molar-refractivity contribution >= 4 is 28.3 Å². The Morgan fingerprint density at radius 3 is 2.28 bits per heavy atom. The fourth-order valence-electron chi connectivity index (χ4n) is 2.88. The molecule has 0 spiro atoms. The van der Waals surface area contributed by atoms with Gasteiger partial charge in [0.25, 0.3) is 11.5 Å². The number of anilines is 1. The quantitative estimate of drug-likeness (QED) is 0.411. The van der Waals surface area contributed by atoms with E-state index >= 15 is 0 Å². The van der Waals surface area contributed by atoms with E-state index in [2.05, 4.69) is 10.3 Å². The van der Waals surface area contributed by atoms with Crippen LogP contribution in [0.3, 0.4) is 0 Å². The number of hydrogen-bond acceptors (Lipinski definition) is 4. The lowest BCUT2D eigenvalue weighted by atomic mass is 10.1. The molecule has 0 aliphatic rings. The van der Waals surface area contributed by atoms with Crippen LogP contribution in [-0.2, 0) is 0 Å². The lowest BCUT2D eigenvalue weighted by Crippen LogP contribution is -2.17. The van der Waals surface area contributed by atoms with Crippen molar-refractivity contribution in [1.29, 1.82) is 0 Å². The minimum atomic E-state index is -0.672. The molecule has 2 N–H and O–H groups in total. The number of esters is 1. The van der Waals surface area contributed by atoms with Crippen molar-refractivity contribution in [2.24, 2.45) is 0 Å². The molecule has 0 fully saturated rings. The summed E-state index contributed by atoms with van der Waals surface area (Å²) in [7, 11) is 0. The molecule has 0 saturated carbocycles. The van der Waals surface area contributed by atoms with Gasteiger partial charge in [-0.15, -0.1) is 0 Å². The molecular weight excluding hydrogens is 368 g/mol. The first kappa shape index (κ1) is 18.2. The summed E-state index contributed by atoms with van der Waals surface area (Å²) in [6, 6.07) is 23.8. The van der Waals surface area contributed by atoms with Crippen LogP contribution >= 0.6 is 0 Å². The molecule has 142 valence electrons. The number of H-pyrrole nitrogens is 1. The average molecular weight is 384 g/mol. The maximum absolute atomic E-state index is 12.4. The molecule has 0 radical (unpaired) electrons. The fourth-order valence-corrected chi connectivity index (χ4v) is 2.88. The largest absolute Gasteiger partial charge is 0.422 e. The Morgan fingerprint density at radius 2 is 1.52 bits per heavy atom. The highest BCUT2D eigenvalue weighted by Gasteiger charge is 2.12. The smallest absolute Gasteiger partial charge is 0.360 e. The summed E-state index contributed by atoms with van der Waals surface area (Å²) in [5.74, 6) is -0.611. The second-order valence-electron chi connectivity index (χ2n) is 6.33. The van der Waals surface area contributed by atoms with Gasteiger partial charge in [-0.25, -0.2) is 4.79 Å². The maximum Gasteiger partial charge on any atom is 0.360 e. The van der Waals surface area contributed by atoms with E-state index in [1.165, 1.54) is 0 Å². The van der Waals surface area contributed by atoms with Crippen LogP contribution in [-0.4, -0.2) is 16.9 Å². The highest BCUT2D eigenvalue weighted by molar-refractivity contribution is 6.04. The summed E-state index contributed by atoms with van der Waals surface area (Å²) >= 11 is 0. The van der Waals surface area contributed by atoms with Gasteiger partial charge in [-0.05, 0) is 53.9 Å². The molecule has 0 unspecified atom stereocenters. The molecule has 6 heteroatoms. The lowest BCUT2D eigenvalue weighted by molar-refractivity contribution is 0.0728. The number of carbonyl (C=O) groups excluding carboxylic acids is 2. The van der Waals surface area contributed by atoms with Gasteiger partial charge in [-0.2, -0.15) is 0 Å². The fraction of sp³-hybridized carbons (Fsp3) is 0. The van der Waals surface area contributed by atoms with Crippen LogP contribution in [0.1, 0.15) is 20.8 Å². The Hall–Kier alpha value is -4.19. The molecular formula is C23H16N2O4. The molecule has 29 heavy (non-hydrogen) atoms. The molecule has 1 heterocycles. The Labute approximate surface area is 165 Å². The number of amides is 1. The topological polar surface area (TPSA) is 88.3 Å². The molecule has 1 amide bonds. The van der Waals surface area contributed by atoms with E-state index in [9.17, 15) is 14.4 Å². The minimum Gasteiger partial charge on any atom is -0.422 e. The Morgan fingerprint density at radius 1 is 0.828 bits per heavy atom. The van der Waals surface area contributed by atoms with E-state index in [1.54, 1.807) is 78.9 Å².